The highest BCUT2D eigenvalue weighted by Crippen LogP contribution is 2.38. The summed E-state index contributed by atoms with van der Waals surface area (Å²) in [5.74, 6) is 0.513. The number of para-hydroxylation sites is 1. The number of hydrogen-bond donors (Lipinski definition) is 0. The van der Waals surface area contributed by atoms with Crippen LogP contribution in [0.25, 0.3) is 22.2 Å². The normalized spacial score (nSPS) is 12.4. The number of carbonyl (C=O) groups is 1. The van der Waals surface area contributed by atoms with Gasteiger partial charge in [-0.2, -0.15) is 0 Å². The first-order chi connectivity index (χ1) is 12.9. The maximum atomic E-state index is 12.3. The van der Waals surface area contributed by atoms with Crippen LogP contribution in [0.15, 0.2) is 30.3 Å². The Morgan fingerprint density at radius 1 is 1.11 bits per heavy atom. The van der Waals surface area contributed by atoms with E-state index in [9.17, 15) is 4.79 Å². The highest BCUT2D eigenvalue weighted by atomic mass is 35.5. The summed E-state index contributed by atoms with van der Waals surface area (Å²) in [6.45, 7) is 5.95. The Balaban J connectivity index is 2.24. The summed E-state index contributed by atoms with van der Waals surface area (Å²) in [6, 6.07) is 8.65. The van der Waals surface area contributed by atoms with Crippen LogP contribution in [0, 0.1) is 0 Å². The van der Waals surface area contributed by atoms with E-state index in [1.165, 1.54) is 0 Å². The molecule has 0 radical (unpaired) electrons. The molecule has 0 fully saturated rings. The molecule has 1 aromatic heterocycles. The zero-order valence-electron chi connectivity index (χ0n) is 15.2. The molecule has 2 aromatic carbocycles. The average Bonchev–Trinajstić information content (AvgIpc) is 3.03. The summed E-state index contributed by atoms with van der Waals surface area (Å²) in [4.78, 5) is 17.1. The highest BCUT2D eigenvalue weighted by Gasteiger charge is 2.23. The number of fused-ring (bicyclic) bond motifs is 1. The molecule has 0 aliphatic rings. The van der Waals surface area contributed by atoms with Crippen LogP contribution in [0.5, 0.6) is 0 Å². The number of esters is 1. The van der Waals surface area contributed by atoms with Crippen LogP contribution in [0.1, 0.15) is 32.6 Å². The molecule has 0 aliphatic carbocycles. The molecular weight excluding hydrogens is 407 g/mol. The molecule has 27 heavy (non-hydrogen) atoms. The van der Waals surface area contributed by atoms with Crippen LogP contribution in [0.4, 0.5) is 0 Å². The van der Waals surface area contributed by atoms with Gasteiger partial charge in [-0.05, 0) is 32.0 Å². The molecule has 0 saturated carbocycles. The molecule has 4 nitrogen and oxygen atoms in total. The lowest BCUT2D eigenvalue weighted by Gasteiger charge is -2.16. The van der Waals surface area contributed by atoms with Crippen molar-refractivity contribution >= 4 is 51.8 Å². The van der Waals surface area contributed by atoms with E-state index < -0.39 is 6.04 Å². The summed E-state index contributed by atoms with van der Waals surface area (Å²) in [5, 5.41) is 1.30. The number of aryl methyl sites for hydroxylation is 1. The van der Waals surface area contributed by atoms with Crippen molar-refractivity contribution in [2.75, 3.05) is 6.61 Å². The topological polar surface area (TPSA) is 44.1 Å². The Labute approximate surface area is 173 Å². The Hall–Kier alpha value is -1.75. The number of halogens is 3. The van der Waals surface area contributed by atoms with Gasteiger partial charge in [0.15, 0.2) is 0 Å². The third-order valence-electron chi connectivity index (χ3n) is 4.42. The van der Waals surface area contributed by atoms with Gasteiger partial charge in [0.1, 0.15) is 11.9 Å². The van der Waals surface area contributed by atoms with Crippen molar-refractivity contribution in [2.24, 2.45) is 0 Å². The Bertz CT molecular complexity index is 1010. The Kier molecular flexibility index (Phi) is 5.99. The second-order valence-electron chi connectivity index (χ2n) is 6.10. The first-order valence-corrected chi connectivity index (χ1v) is 9.83. The van der Waals surface area contributed by atoms with Gasteiger partial charge in [-0.25, -0.2) is 9.78 Å². The number of ether oxygens (including phenoxy) is 1. The maximum absolute atomic E-state index is 12.3. The third kappa shape index (κ3) is 3.66. The van der Waals surface area contributed by atoms with Crippen molar-refractivity contribution in [1.82, 2.24) is 9.55 Å². The van der Waals surface area contributed by atoms with Crippen molar-refractivity contribution in [2.45, 2.75) is 33.2 Å². The zero-order valence-corrected chi connectivity index (χ0v) is 17.5. The summed E-state index contributed by atoms with van der Waals surface area (Å²) in [5.41, 5.74) is 3.17. The van der Waals surface area contributed by atoms with Crippen molar-refractivity contribution in [1.29, 1.82) is 0 Å². The van der Waals surface area contributed by atoms with Crippen molar-refractivity contribution < 1.29 is 9.53 Å². The molecule has 1 unspecified atom stereocenters. The number of aromatic nitrogens is 2. The summed E-state index contributed by atoms with van der Waals surface area (Å²) in [6.07, 6.45) is 0.674. The second-order valence-corrected chi connectivity index (χ2v) is 7.32. The van der Waals surface area contributed by atoms with Gasteiger partial charge in [0.2, 0.25) is 0 Å². The van der Waals surface area contributed by atoms with Crippen LogP contribution in [0.3, 0.4) is 0 Å². The Morgan fingerprint density at radius 2 is 1.81 bits per heavy atom. The highest BCUT2D eigenvalue weighted by molar-refractivity contribution is 6.44. The van der Waals surface area contributed by atoms with E-state index in [1.54, 1.807) is 19.1 Å². The predicted molar refractivity (Wildman–Crippen MR) is 111 cm³/mol. The largest absolute Gasteiger partial charge is 0.464 e. The van der Waals surface area contributed by atoms with E-state index in [4.69, 9.17) is 44.5 Å². The lowest BCUT2D eigenvalue weighted by Crippen LogP contribution is -2.20. The standard InChI is InChI=1S/C20H19Cl3N2O2/c1-4-18-24-19-12(13-9-15(22)16(23)10-14(13)21)7-6-8-17(19)25(18)11(3)20(26)27-5-2/h6-11H,4-5H2,1-3H3. The quantitative estimate of drug-likeness (QED) is 0.353. The fourth-order valence-electron chi connectivity index (χ4n) is 3.16. The first-order valence-electron chi connectivity index (χ1n) is 8.70. The van der Waals surface area contributed by atoms with Gasteiger partial charge < -0.3 is 9.30 Å². The van der Waals surface area contributed by atoms with Gasteiger partial charge >= 0.3 is 5.97 Å². The Morgan fingerprint density at radius 3 is 2.48 bits per heavy atom. The lowest BCUT2D eigenvalue weighted by atomic mass is 10.0. The number of rotatable bonds is 5. The molecular formula is C20H19Cl3N2O2. The van der Waals surface area contributed by atoms with Crippen LogP contribution in [0.2, 0.25) is 15.1 Å². The van der Waals surface area contributed by atoms with E-state index in [1.807, 2.05) is 36.6 Å². The van der Waals surface area contributed by atoms with Gasteiger partial charge in [0.25, 0.3) is 0 Å². The SMILES string of the molecule is CCOC(=O)C(C)n1c(CC)nc2c(-c3cc(Cl)c(Cl)cc3Cl)cccc21. The number of imidazole rings is 1. The van der Waals surface area contributed by atoms with Gasteiger partial charge in [-0.3, -0.25) is 0 Å². The fraction of sp³-hybridized carbons (Fsp3) is 0.300. The second kappa shape index (κ2) is 8.09. The summed E-state index contributed by atoms with van der Waals surface area (Å²) < 4.78 is 7.12. The van der Waals surface area contributed by atoms with E-state index in [0.717, 1.165) is 28.0 Å². The van der Waals surface area contributed by atoms with E-state index in [2.05, 4.69) is 0 Å². The molecule has 1 atom stereocenters. The molecule has 1 heterocycles. The molecule has 0 N–H and O–H groups in total. The van der Waals surface area contributed by atoms with Crippen molar-refractivity contribution in [3.8, 4) is 11.1 Å². The van der Waals surface area contributed by atoms with Crippen LogP contribution in [-0.4, -0.2) is 22.1 Å². The van der Waals surface area contributed by atoms with Crippen molar-refractivity contribution in [3.05, 3.63) is 51.2 Å². The molecule has 7 heteroatoms. The summed E-state index contributed by atoms with van der Waals surface area (Å²) in [7, 11) is 0. The number of hydrogen-bond acceptors (Lipinski definition) is 3. The number of carbonyl (C=O) groups excluding carboxylic acids is 1. The first kappa shape index (κ1) is 20.0. The average molecular weight is 426 g/mol. The molecule has 142 valence electrons. The lowest BCUT2D eigenvalue weighted by molar-refractivity contribution is -0.146. The molecule has 0 spiro atoms. The molecule has 0 amide bonds. The molecule has 3 aromatic rings. The monoisotopic (exact) mass is 424 g/mol. The predicted octanol–water partition coefficient (Wildman–Crippen LogP) is 6.35. The van der Waals surface area contributed by atoms with Gasteiger partial charge in [0.05, 0.1) is 32.7 Å². The number of nitrogens with zero attached hydrogens (tertiary/aromatic N) is 2. The van der Waals surface area contributed by atoms with E-state index in [0.29, 0.717) is 28.1 Å². The molecule has 0 aliphatic heterocycles. The van der Waals surface area contributed by atoms with Crippen molar-refractivity contribution in [3.63, 3.8) is 0 Å². The molecule has 0 bridgehead atoms. The third-order valence-corrected chi connectivity index (χ3v) is 5.46. The minimum Gasteiger partial charge on any atom is -0.464 e. The van der Waals surface area contributed by atoms with Gasteiger partial charge in [-0.1, -0.05) is 53.9 Å². The summed E-state index contributed by atoms with van der Waals surface area (Å²) >= 11 is 18.7. The van der Waals surface area contributed by atoms with Crippen LogP contribution < -0.4 is 0 Å². The zero-order chi connectivity index (χ0) is 19.7. The van der Waals surface area contributed by atoms with E-state index in [-0.39, 0.29) is 5.97 Å². The van der Waals surface area contributed by atoms with Crippen LogP contribution >= 0.6 is 34.8 Å². The fourth-order valence-corrected chi connectivity index (χ4v) is 3.81. The molecule has 3 rings (SSSR count). The minimum atomic E-state index is -0.482. The van der Waals surface area contributed by atoms with Crippen LogP contribution in [-0.2, 0) is 16.0 Å². The van der Waals surface area contributed by atoms with Gasteiger partial charge in [-0.15, -0.1) is 0 Å². The smallest absolute Gasteiger partial charge is 0.328 e. The maximum Gasteiger partial charge on any atom is 0.328 e. The number of benzene rings is 2. The minimum absolute atomic E-state index is 0.288. The van der Waals surface area contributed by atoms with Gasteiger partial charge in [0, 0.05) is 17.5 Å². The molecule has 0 saturated heterocycles. The van der Waals surface area contributed by atoms with E-state index >= 15 is 0 Å².